The molecular weight excluding hydrogens is 312 g/mol. The third kappa shape index (κ3) is 2.95. The van der Waals surface area contributed by atoms with Crippen LogP contribution >= 0.6 is 0 Å². The Morgan fingerprint density at radius 2 is 2.12 bits per heavy atom. The average Bonchev–Trinajstić information content (AvgIpc) is 2.91. The SMILES string of the molecule is CC12CCC(C/C1=N\NC(=O)COC(=O)C1COCCO1)C2(C)C. The quantitative estimate of drug-likeness (QED) is 0.616. The van der Waals surface area contributed by atoms with Crippen molar-refractivity contribution in [3.05, 3.63) is 0 Å². The highest BCUT2D eigenvalue weighted by Crippen LogP contribution is 2.63. The number of hydrazone groups is 1. The molecule has 1 aliphatic heterocycles. The van der Waals surface area contributed by atoms with Gasteiger partial charge in [0.15, 0.2) is 12.7 Å². The summed E-state index contributed by atoms with van der Waals surface area (Å²) in [4.78, 5) is 23.7. The maximum absolute atomic E-state index is 11.9. The molecular formula is C17H26N2O5. The van der Waals surface area contributed by atoms with Crippen molar-refractivity contribution in [2.75, 3.05) is 26.4 Å². The zero-order chi connectivity index (χ0) is 17.4. The van der Waals surface area contributed by atoms with Gasteiger partial charge in [-0.2, -0.15) is 5.10 Å². The molecule has 1 saturated heterocycles. The van der Waals surface area contributed by atoms with E-state index in [0.717, 1.165) is 18.6 Å². The molecule has 2 aliphatic carbocycles. The first-order valence-electron chi connectivity index (χ1n) is 8.56. The number of carbonyl (C=O) groups is 2. The smallest absolute Gasteiger partial charge is 0.338 e. The van der Waals surface area contributed by atoms with Gasteiger partial charge in [-0.1, -0.05) is 20.8 Å². The number of carbonyl (C=O) groups excluding carboxylic acids is 2. The second kappa shape index (κ2) is 6.44. The largest absolute Gasteiger partial charge is 0.454 e. The van der Waals surface area contributed by atoms with Crippen LogP contribution in [0.4, 0.5) is 0 Å². The summed E-state index contributed by atoms with van der Waals surface area (Å²) < 4.78 is 15.3. The van der Waals surface area contributed by atoms with Crippen LogP contribution in [-0.4, -0.2) is 50.1 Å². The lowest BCUT2D eigenvalue weighted by Gasteiger charge is -2.34. The van der Waals surface area contributed by atoms with Crippen LogP contribution in [0, 0.1) is 16.7 Å². The summed E-state index contributed by atoms with van der Waals surface area (Å²) >= 11 is 0. The van der Waals surface area contributed by atoms with Crippen LogP contribution in [0.1, 0.15) is 40.0 Å². The maximum Gasteiger partial charge on any atom is 0.338 e. The molecule has 3 rings (SSSR count). The number of ether oxygens (including phenoxy) is 3. The van der Waals surface area contributed by atoms with Gasteiger partial charge in [0.05, 0.1) is 19.8 Å². The standard InChI is InChI=1S/C17H26N2O5/c1-16(2)11-4-5-17(16,3)13(8-11)18-19-14(20)10-24-15(21)12-9-22-6-7-23-12/h11-12H,4-10H2,1-3H3,(H,19,20)/b18-13+. The molecule has 0 aromatic carbocycles. The van der Waals surface area contributed by atoms with Crippen LogP contribution in [-0.2, 0) is 23.8 Å². The van der Waals surface area contributed by atoms with Crippen LogP contribution < -0.4 is 5.43 Å². The van der Waals surface area contributed by atoms with Crippen LogP contribution in [0.25, 0.3) is 0 Å². The fourth-order valence-corrected chi connectivity index (χ4v) is 4.11. The van der Waals surface area contributed by atoms with Crippen molar-refractivity contribution in [1.29, 1.82) is 0 Å². The molecule has 1 amide bonds. The molecule has 1 heterocycles. The van der Waals surface area contributed by atoms with E-state index in [-0.39, 0.29) is 24.0 Å². The minimum Gasteiger partial charge on any atom is -0.454 e. The lowest BCUT2D eigenvalue weighted by Crippen LogP contribution is -2.38. The molecule has 3 atom stereocenters. The Hall–Kier alpha value is -1.47. The Morgan fingerprint density at radius 1 is 1.33 bits per heavy atom. The summed E-state index contributed by atoms with van der Waals surface area (Å²) in [5.41, 5.74) is 3.83. The van der Waals surface area contributed by atoms with Gasteiger partial charge in [-0.05, 0) is 30.6 Å². The number of esters is 1. The average molecular weight is 338 g/mol. The first-order valence-corrected chi connectivity index (χ1v) is 8.56. The minimum absolute atomic E-state index is 0.0366. The summed E-state index contributed by atoms with van der Waals surface area (Å²) in [6, 6.07) is 0. The fraction of sp³-hybridized carbons (Fsp3) is 0.824. The molecule has 7 heteroatoms. The minimum atomic E-state index is -0.747. The normalized spacial score (nSPS) is 35.9. The molecule has 0 aromatic rings. The molecule has 1 N–H and O–H groups in total. The van der Waals surface area contributed by atoms with Gasteiger partial charge in [0.2, 0.25) is 0 Å². The summed E-state index contributed by atoms with van der Waals surface area (Å²) in [5.74, 6) is -0.387. The number of nitrogens with zero attached hydrogens (tertiary/aromatic N) is 1. The van der Waals surface area contributed by atoms with Gasteiger partial charge in [0.1, 0.15) is 0 Å². The van der Waals surface area contributed by atoms with Gasteiger partial charge in [-0.3, -0.25) is 4.79 Å². The Bertz CT molecular complexity index is 553. The number of amides is 1. The maximum atomic E-state index is 11.9. The number of hydrogen-bond donors (Lipinski definition) is 1. The van der Waals surface area contributed by atoms with E-state index in [2.05, 4.69) is 31.3 Å². The topological polar surface area (TPSA) is 86.2 Å². The van der Waals surface area contributed by atoms with Gasteiger partial charge in [0, 0.05) is 11.1 Å². The fourth-order valence-electron chi connectivity index (χ4n) is 4.11. The molecule has 0 radical (unpaired) electrons. The van der Waals surface area contributed by atoms with Crippen LogP contribution in [0.15, 0.2) is 5.10 Å². The van der Waals surface area contributed by atoms with E-state index in [1.54, 1.807) is 0 Å². The molecule has 0 spiro atoms. The van der Waals surface area contributed by atoms with Crippen LogP contribution in [0.3, 0.4) is 0 Å². The van der Waals surface area contributed by atoms with Gasteiger partial charge in [-0.25, -0.2) is 10.2 Å². The third-order valence-electron chi connectivity index (χ3n) is 6.25. The Kier molecular flexibility index (Phi) is 4.66. The lowest BCUT2D eigenvalue weighted by molar-refractivity contribution is -0.172. The Balaban J connectivity index is 1.48. The predicted octanol–water partition coefficient (Wildman–Crippen LogP) is 1.26. The van der Waals surface area contributed by atoms with E-state index >= 15 is 0 Å². The van der Waals surface area contributed by atoms with Crippen LogP contribution in [0.5, 0.6) is 0 Å². The van der Waals surface area contributed by atoms with Crippen molar-refractivity contribution in [2.24, 2.45) is 21.8 Å². The van der Waals surface area contributed by atoms with Crippen molar-refractivity contribution in [3.8, 4) is 0 Å². The first kappa shape index (κ1) is 17.4. The second-order valence-corrected chi connectivity index (χ2v) is 7.63. The predicted molar refractivity (Wildman–Crippen MR) is 86.3 cm³/mol. The molecule has 134 valence electrons. The number of fused-ring (bicyclic) bond motifs is 2. The number of rotatable bonds is 4. The Labute approximate surface area is 142 Å². The highest BCUT2D eigenvalue weighted by molar-refractivity contribution is 5.95. The summed E-state index contributed by atoms with van der Waals surface area (Å²) in [6.07, 6.45) is 2.50. The second-order valence-electron chi connectivity index (χ2n) is 7.63. The van der Waals surface area contributed by atoms with Crippen molar-refractivity contribution in [3.63, 3.8) is 0 Å². The molecule has 3 aliphatic rings. The molecule has 2 saturated carbocycles. The summed E-state index contributed by atoms with van der Waals surface area (Å²) in [6.45, 7) is 7.42. The monoisotopic (exact) mass is 338 g/mol. The molecule has 3 fully saturated rings. The molecule has 24 heavy (non-hydrogen) atoms. The zero-order valence-electron chi connectivity index (χ0n) is 14.6. The van der Waals surface area contributed by atoms with Gasteiger partial charge in [0.25, 0.3) is 5.91 Å². The Morgan fingerprint density at radius 3 is 2.71 bits per heavy atom. The number of nitrogens with one attached hydrogen (secondary N) is 1. The molecule has 0 aromatic heterocycles. The van der Waals surface area contributed by atoms with Gasteiger partial charge < -0.3 is 14.2 Å². The van der Waals surface area contributed by atoms with E-state index < -0.39 is 18.0 Å². The van der Waals surface area contributed by atoms with E-state index in [9.17, 15) is 9.59 Å². The highest BCUT2D eigenvalue weighted by Gasteiger charge is 2.60. The van der Waals surface area contributed by atoms with Crippen LogP contribution in [0.2, 0.25) is 0 Å². The molecule has 3 unspecified atom stereocenters. The summed E-state index contributed by atoms with van der Waals surface area (Å²) in [7, 11) is 0. The lowest BCUT2D eigenvalue weighted by atomic mass is 9.70. The van der Waals surface area contributed by atoms with E-state index in [1.165, 1.54) is 6.42 Å². The van der Waals surface area contributed by atoms with Gasteiger partial charge in [-0.15, -0.1) is 0 Å². The summed E-state index contributed by atoms with van der Waals surface area (Å²) in [5, 5.41) is 4.33. The molecule has 7 nitrogen and oxygen atoms in total. The van der Waals surface area contributed by atoms with Crippen molar-refractivity contribution < 1.29 is 23.8 Å². The molecule has 2 bridgehead atoms. The van der Waals surface area contributed by atoms with Gasteiger partial charge >= 0.3 is 5.97 Å². The van der Waals surface area contributed by atoms with E-state index in [1.807, 2.05) is 0 Å². The van der Waals surface area contributed by atoms with Crippen molar-refractivity contribution in [1.82, 2.24) is 5.43 Å². The highest BCUT2D eigenvalue weighted by atomic mass is 16.6. The van der Waals surface area contributed by atoms with Crippen molar-refractivity contribution >= 4 is 17.6 Å². The zero-order valence-corrected chi connectivity index (χ0v) is 14.6. The first-order chi connectivity index (χ1) is 11.3. The number of hydrogen-bond acceptors (Lipinski definition) is 6. The van der Waals surface area contributed by atoms with Crippen molar-refractivity contribution in [2.45, 2.75) is 46.1 Å². The van der Waals surface area contributed by atoms with E-state index in [0.29, 0.717) is 19.1 Å². The van der Waals surface area contributed by atoms with E-state index in [4.69, 9.17) is 14.2 Å². The third-order valence-corrected chi connectivity index (χ3v) is 6.25.